The minimum absolute atomic E-state index is 0. The lowest BCUT2D eigenvalue weighted by molar-refractivity contribution is 0.266. The molecule has 0 atom stereocenters. The lowest BCUT2D eigenvalue weighted by atomic mass is 9.86. The Morgan fingerprint density at radius 3 is 2.54 bits per heavy atom. The van der Waals surface area contributed by atoms with Crippen molar-refractivity contribution < 1.29 is 0 Å². The van der Waals surface area contributed by atoms with Crippen molar-refractivity contribution in [2.24, 2.45) is 11.7 Å². The van der Waals surface area contributed by atoms with Crippen molar-refractivity contribution in [2.45, 2.75) is 31.7 Å². The van der Waals surface area contributed by atoms with E-state index in [0.717, 1.165) is 23.4 Å². The van der Waals surface area contributed by atoms with E-state index in [9.17, 15) is 0 Å². The van der Waals surface area contributed by atoms with Gasteiger partial charge < -0.3 is 5.73 Å². The standard InChI is InChI=1S/C18H21N5.ClH/c19-11-13-2-6-16(7-3-13)23-12-15-5-4-14(10-17(15)22-23)18-20-8-1-9-21-18;/h1,4-5,8-10,12-13,16H,2-3,6-7,11,19H2;1H. The van der Waals surface area contributed by atoms with E-state index >= 15 is 0 Å². The Morgan fingerprint density at radius 2 is 1.83 bits per heavy atom. The van der Waals surface area contributed by atoms with Gasteiger partial charge in [-0.1, -0.05) is 12.1 Å². The number of nitrogens with two attached hydrogens (primary N) is 1. The van der Waals surface area contributed by atoms with Crippen molar-refractivity contribution in [3.63, 3.8) is 0 Å². The van der Waals surface area contributed by atoms with Crippen LogP contribution in [-0.2, 0) is 0 Å². The van der Waals surface area contributed by atoms with Crippen molar-refractivity contribution in [3.05, 3.63) is 42.9 Å². The molecular weight excluding hydrogens is 322 g/mol. The fourth-order valence-corrected chi connectivity index (χ4v) is 3.45. The van der Waals surface area contributed by atoms with Gasteiger partial charge in [0, 0.05) is 29.5 Å². The maximum absolute atomic E-state index is 5.79. The van der Waals surface area contributed by atoms with Gasteiger partial charge in [0.1, 0.15) is 0 Å². The number of hydrogen-bond donors (Lipinski definition) is 1. The molecule has 2 N–H and O–H groups in total. The first-order valence-electron chi connectivity index (χ1n) is 8.30. The summed E-state index contributed by atoms with van der Waals surface area (Å²) in [5, 5.41) is 5.98. The summed E-state index contributed by atoms with van der Waals surface area (Å²) in [5.41, 5.74) is 7.81. The molecule has 6 heteroatoms. The van der Waals surface area contributed by atoms with Gasteiger partial charge in [-0.2, -0.15) is 5.10 Å². The fourth-order valence-electron chi connectivity index (χ4n) is 3.45. The molecule has 1 aliphatic carbocycles. The van der Waals surface area contributed by atoms with Gasteiger partial charge in [0.2, 0.25) is 0 Å². The number of hydrogen-bond acceptors (Lipinski definition) is 4. The summed E-state index contributed by atoms with van der Waals surface area (Å²) in [7, 11) is 0. The maximum atomic E-state index is 5.79. The van der Waals surface area contributed by atoms with Crippen molar-refractivity contribution in [1.82, 2.24) is 19.7 Å². The Bertz CT molecular complexity index is 794. The fraction of sp³-hybridized carbons (Fsp3) is 0.389. The SMILES string of the molecule is Cl.NCC1CCC(n2cc3ccc(-c4ncccn4)cc3n2)CC1. The van der Waals surface area contributed by atoms with Crippen LogP contribution in [0.4, 0.5) is 0 Å². The largest absolute Gasteiger partial charge is 0.330 e. The smallest absolute Gasteiger partial charge is 0.159 e. The van der Waals surface area contributed by atoms with Gasteiger partial charge in [-0.15, -0.1) is 12.4 Å². The Kier molecular flexibility index (Phi) is 5.11. The number of benzene rings is 1. The van der Waals surface area contributed by atoms with Crippen LogP contribution in [0.5, 0.6) is 0 Å². The summed E-state index contributed by atoms with van der Waals surface area (Å²) in [6, 6.07) is 8.58. The van der Waals surface area contributed by atoms with Crippen LogP contribution in [-0.4, -0.2) is 26.3 Å². The van der Waals surface area contributed by atoms with Gasteiger partial charge in [0.25, 0.3) is 0 Å². The summed E-state index contributed by atoms with van der Waals surface area (Å²) in [4.78, 5) is 8.63. The monoisotopic (exact) mass is 343 g/mol. The molecule has 2 heterocycles. The van der Waals surface area contributed by atoms with E-state index in [1.54, 1.807) is 12.4 Å². The van der Waals surface area contributed by atoms with E-state index in [0.29, 0.717) is 12.0 Å². The Labute approximate surface area is 147 Å². The summed E-state index contributed by atoms with van der Waals surface area (Å²) in [5.74, 6) is 1.44. The van der Waals surface area contributed by atoms with E-state index in [2.05, 4.69) is 39.0 Å². The average molecular weight is 344 g/mol. The molecule has 5 nitrogen and oxygen atoms in total. The number of halogens is 1. The highest BCUT2D eigenvalue weighted by Crippen LogP contribution is 2.32. The summed E-state index contributed by atoms with van der Waals surface area (Å²) >= 11 is 0. The van der Waals surface area contributed by atoms with Crippen LogP contribution >= 0.6 is 12.4 Å². The minimum Gasteiger partial charge on any atom is -0.330 e. The topological polar surface area (TPSA) is 69.6 Å². The van der Waals surface area contributed by atoms with E-state index < -0.39 is 0 Å². The highest BCUT2D eigenvalue weighted by molar-refractivity contribution is 5.85. The molecule has 1 saturated carbocycles. The van der Waals surface area contributed by atoms with Crippen molar-refractivity contribution in [1.29, 1.82) is 0 Å². The maximum Gasteiger partial charge on any atom is 0.159 e. The Hall–Kier alpha value is -1.98. The van der Waals surface area contributed by atoms with Crippen LogP contribution in [0.1, 0.15) is 31.7 Å². The van der Waals surface area contributed by atoms with E-state index in [-0.39, 0.29) is 12.4 Å². The first kappa shape index (κ1) is 16.9. The van der Waals surface area contributed by atoms with E-state index in [1.807, 2.05) is 6.07 Å². The second-order valence-corrected chi connectivity index (χ2v) is 6.37. The molecule has 2 aromatic heterocycles. The normalized spacial score (nSPS) is 20.7. The first-order valence-corrected chi connectivity index (χ1v) is 8.30. The molecule has 3 aromatic rings. The molecule has 0 aliphatic heterocycles. The zero-order chi connectivity index (χ0) is 15.6. The molecule has 0 radical (unpaired) electrons. The Balaban J connectivity index is 0.00000169. The number of aromatic nitrogens is 4. The number of nitrogens with zero attached hydrogens (tertiary/aromatic N) is 4. The molecule has 24 heavy (non-hydrogen) atoms. The molecule has 1 aromatic carbocycles. The summed E-state index contributed by atoms with van der Waals surface area (Å²) in [6.07, 6.45) is 10.5. The second-order valence-electron chi connectivity index (χ2n) is 6.37. The van der Waals surface area contributed by atoms with Crippen LogP contribution < -0.4 is 5.73 Å². The van der Waals surface area contributed by atoms with E-state index in [1.165, 1.54) is 31.1 Å². The van der Waals surface area contributed by atoms with Crippen molar-refractivity contribution in [3.8, 4) is 11.4 Å². The molecule has 0 spiro atoms. The predicted octanol–water partition coefficient (Wildman–Crippen LogP) is 3.61. The van der Waals surface area contributed by atoms with E-state index in [4.69, 9.17) is 10.8 Å². The molecular formula is C18H22ClN5. The van der Waals surface area contributed by atoms with Gasteiger partial charge in [-0.05, 0) is 50.3 Å². The summed E-state index contributed by atoms with van der Waals surface area (Å²) < 4.78 is 2.15. The van der Waals surface area contributed by atoms with Crippen LogP contribution in [0, 0.1) is 5.92 Å². The van der Waals surface area contributed by atoms with Gasteiger partial charge in [-0.25, -0.2) is 9.97 Å². The van der Waals surface area contributed by atoms with Gasteiger partial charge in [0.05, 0.1) is 11.6 Å². The predicted molar refractivity (Wildman–Crippen MR) is 98.1 cm³/mol. The lowest BCUT2D eigenvalue weighted by Crippen LogP contribution is -2.23. The highest BCUT2D eigenvalue weighted by atomic mass is 35.5. The molecule has 1 aliphatic rings. The molecule has 0 amide bonds. The van der Waals surface area contributed by atoms with Gasteiger partial charge in [-0.3, -0.25) is 4.68 Å². The second kappa shape index (κ2) is 7.28. The zero-order valence-corrected chi connectivity index (χ0v) is 14.3. The van der Waals surface area contributed by atoms with Crippen LogP contribution in [0.3, 0.4) is 0 Å². The van der Waals surface area contributed by atoms with Crippen LogP contribution in [0.2, 0.25) is 0 Å². The minimum atomic E-state index is 0. The number of fused-ring (bicyclic) bond motifs is 1. The van der Waals surface area contributed by atoms with Gasteiger partial charge >= 0.3 is 0 Å². The molecule has 126 valence electrons. The van der Waals surface area contributed by atoms with Crippen molar-refractivity contribution in [2.75, 3.05) is 6.54 Å². The highest BCUT2D eigenvalue weighted by Gasteiger charge is 2.22. The third-order valence-corrected chi connectivity index (χ3v) is 4.87. The average Bonchev–Trinajstić information content (AvgIpc) is 3.06. The zero-order valence-electron chi connectivity index (χ0n) is 13.5. The molecule has 1 fully saturated rings. The molecule has 0 bridgehead atoms. The summed E-state index contributed by atoms with van der Waals surface area (Å²) in [6.45, 7) is 0.814. The third-order valence-electron chi connectivity index (χ3n) is 4.87. The van der Waals surface area contributed by atoms with Crippen LogP contribution in [0.15, 0.2) is 42.9 Å². The number of rotatable bonds is 3. The van der Waals surface area contributed by atoms with Crippen LogP contribution in [0.25, 0.3) is 22.3 Å². The van der Waals surface area contributed by atoms with Crippen molar-refractivity contribution >= 4 is 23.3 Å². The quantitative estimate of drug-likeness (QED) is 0.788. The molecule has 0 unspecified atom stereocenters. The molecule has 0 saturated heterocycles. The van der Waals surface area contributed by atoms with Gasteiger partial charge in [0.15, 0.2) is 5.82 Å². The molecule has 4 rings (SSSR count). The third kappa shape index (κ3) is 3.28. The lowest BCUT2D eigenvalue weighted by Gasteiger charge is -2.27. The first-order chi connectivity index (χ1) is 11.3. The Morgan fingerprint density at radius 1 is 1.08 bits per heavy atom.